The second-order valence-electron chi connectivity index (χ2n) is 4.70. The highest BCUT2D eigenvalue weighted by molar-refractivity contribution is 9.10. The maximum atomic E-state index is 12.9. The Hall–Kier alpha value is -1.53. The van der Waals surface area contributed by atoms with Crippen LogP contribution in [0.4, 0.5) is 4.39 Å². The molecule has 106 valence electrons. The van der Waals surface area contributed by atoms with Crippen LogP contribution in [-0.4, -0.2) is 41.1 Å². The Balaban J connectivity index is 2.29. The van der Waals surface area contributed by atoms with Gasteiger partial charge in [-0.25, -0.2) is 4.39 Å². The number of nitrogens with zero attached hydrogens (tertiary/aromatic N) is 3. The highest BCUT2D eigenvalue weighted by Crippen LogP contribution is 2.20. The molecule has 0 bridgehead atoms. The summed E-state index contributed by atoms with van der Waals surface area (Å²) in [5.41, 5.74) is 0.928. The maximum Gasteiger partial charge on any atom is 0.212 e. The van der Waals surface area contributed by atoms with Crippen molar-refractivity contribution in [2.75, 3.05) is 20.6 Å². The van der Waals surface area contributed by atoms with E-state index in [2.05, 4.69) is 21.0 Å². The molecule has 6 heteroatoms. The molecule has 0 spiro atoms. The van der Waals surface area contributed by atoms with Crippen LogP contribution in [0.2, 0.25) is 0 Å². The molecule has 1 heterocycles. The van der Waals surface area contributed by atoms with Crippen LogP contribution in [0, 0.1) is 5.82 Å². The van der Waals surface area contributed by atoms with E-state index in [1.807, 2.05) is 19.0 Å². The third-order valence-corrected chi connectivity index (χ3v) is 3.46. The first-order valence-electron chi connectivity index (χ1n) is 6.15. The number of halogens is 2. The number of hydrogen-bond acceptors (Lipinski definition) is 3. The Morgan fingerprint density at radius 2 is 2.00 bits per heavy atom. The predicted octanol–water partition coefficient (Wildman–Crippen LogP) is 2.58. The van der Waals surface area contributed by atoms with Gasteiger partial charge < -0.3 is 4.90 Å². The Morgan fingerprint density at radius 1 is 1.35 bits per heavy atom. The number of ketones is 1. The number of likely N-dealkylation sites (N-methyl/N-ethyl adjacent to an activating group) is 1. The van der Waals surface area contributed by atoms with E-state index in [1.54, 1.807) is 10.9 Å². The Kier molecular flexibility index (Phi) is 4.67. The Labute approximate surface area is 125 Å². The number of hydrogen-bond donors (Lipinski definition) is 0. The lowest BCUT2D eigenvalue weighted by Gasteiger charge is -2.11. The van der Waals surface area contributed by atoms with Gasteiger partial charge in [0, 0.05) is 12.1 Å². The normalized spacial score (nSPS) is 11.1. The number of carbonyl (C=O) groups is 1. The van der Waals surface area contributed by atoms with Crippen LogP contribution in [0.15, 0.2) is 34.9 Å². The quantitative estimate of drug-likeness (QED) is 0.786. The zero-order chi connectivity index (χ0) is 14.7. The maximum absolute atomic E-state index is 12.9. The molecule has 0 saturated heterocycles. The summed E-state index contributed by atoms with van der Waals surface area (Å²) < 4.78 is 15.2. The van der Waals surface area contributed by atoms with Crippen LogP contribution in [0.1, 0.15) is 16.1 Å². The lowest BCUT2D eigenvalue weighted by atomic mass is 10.1. The summed E-state index contributed by atoms with van der Waals surface area (Å²) in [5, 5.41) is 4.20. The van der Waals surface area contributed by atoms with Crippen molar-refractivity contribution >= 4 is 21.7 Å². The first kappa shape index (κ1) is 14.9. The number of benzene rings is 1. The molecule has 0 N–H and O–H groups in total. The SMILES string of the molecule is CN(C)CCn1ncc(Br)c1C(=O)c1ccc(F)cc1. The topological polar surface area (TPSA) is 38.1 Å². The van der Waals surface area contributed by atoms with Gasteiger partial charge in [0.25, 0.3) is 0 Å². The van der Waals surface area contributed by atoms with Crippen molar-refractivity contribution in [3.05, 3.63) is 52.0 Å². The van der Waals surface area contributed by atoms with Crippen molar-refractivity contribution in [2.24, 2.45) is 0 Å². The smallest absolute Gasteiger partial charge is 0.212 e. The van der Waals surface area contributed by atoms with Gasteiger partial charge in [0.15, 0.2) is 0 Å². The molecule has 2 rings (SSSR count). The van der Waals surface area contributed by atoms with Gasteiger partial charge in [0.1, 0.15) is 11.5 Å². The van der Waals surface area contributed by atoms with E-state index in [-0.39, 0.29) is 11.6 Å². The van der Waals surface area contributed by atoms with Gasteiger partial charge in [-0.2, -0.15) is 5.10 Å². The van der Waals surface area contributed by atoms with E-state index in [4.69, 9.17) is 0 Å². The van der Waals surface area contributed by atoms with E-state index in [0.717, 1.165) is 6.54 Å². The van der Waals surface area contributed by atoms with Crippen molar-refractivity contribution in [2.45, 2.75) is 6.54 Å². The first-order valence-corrected chi connectivity index (χ1v) is 6.94. The van der Waals surface area contributed by atoms with Crippen molar-refractivity contribution in [1.82, 2.24) is 14.7 Å². The van der Waals surface area contributed by atoms with Gasteiger partial charge in [-0.05, 0) is 54.3 Å². The molecule has 0 atom stereocenters. The summed E-state index contributed by atoms with van der Waals surface area (Å²) in [5.74, 6) is -0.533. The van der Waals surface area contributed by atoms with Crippen molar-refractivity contribution in [3.63, 3.8) is 0 Å². The molecule has 2 aromatic rings. The second-order valence-corrected chi connectivity index (χ2v) is 5.56. The number of rotatable bonds is 5. The van der Waals surface area contributed by atoms with Crippen LogP contribution in [0.5, 0.6) is 0 Å². The minimum absolute atomic E-state index is 0.173. The Bertz CT molecular complexity index is 607. The van der Waals surface area contributed by atoms with Crippen molar-refractivity contribution in [1.29, 1.82) is 0 Å². The van der Waals surface area contributed by atoms with E-state index < -0.39 is 0 Å². The lowest BCUT2D eigenvalue weighted by Crippen LogP contribution is -2.21. The van der Waals surface area contributed by atoms with E-state index in [1.165, 1.54) is 24.3 Å². The van der Waals surface area contributed by atoms with Gasteiger partial charge in [0.05, 0.1) is 17.2 Å². The number of carbonyl (C=O) groups excluding carboxylic acids is 1. The third kappa shape index (κ3) is 3.32. The summed E-state index contributed by atoms with van der Waals surface area (Å²) in [6.07, 6.45) is 1.60. The zero-order valence-corrected chi connectivity index (χ0v) is 12.9. The van der Waals surface area contributed by atoms with Crippen LogP contribution in [0.25, 0.3) is 0 Å². The predicted molar refractivity (Wildman–Crippen MR) is 78.3 cm³/mol. The molecular formula is C14H15BrFN3O. The third-order valence-electron chi connectivity index (χ3n) is 2.88. The molecule has 0 aliphatic heterocycles. The molecule has 20 heavy (non-hydrogen) atoms. The summed E-state index contributed by atoms with van der Waals surface area (Å²) in [6, 6.07) is 5.52. The highest BCUT2D eigenvalue weighted by Gasteiger charge is 2.18. The van der Waals surface area contributed by atoms with Crippen LogP contribution in [-0.2, 0) is 6.54 Å². The lowest BCUT2D eigenvalue weighted by molar-refractivity contribution is 0.102. The molecule has 0 aliphatic carbocycles. The average molecular weight is 340 g/mol. The monoisotopic (exact) mass is 339 g/mol. The molecular weight excluding hydrogens is 325 g/mol. The van der Waals surface area contributed by atoms with Gasteiger partial charge in [-0.1, -0.05) is 0 Å². The molecule has 1 aromatic heterocycles. The molecule has 4 nitrogen and oxygen atoms in total. The van der Waals surface area contributed by atoms with Gasteiger partial charge >= 0.3 is 0 Å². The molecule has 1 aromatic carbocycles. The van der Waals surface area contributed by atoms with Crippen molar-refractivity contribution in [3.8, 4) is 0 Å². The average Bonchev–Trinajstić information content (AvgIpc) is 2.77. The fourth-order valence-corrected chi connectivity index (χ4v) is 2.27. The fourth-order valence-electron chi connectivity index (χ4n) is 1.79. The first-order chi connectivity index (χ1) is 9.49. The zero-order valence-electron chi connectivity index (χ0n) is 11.3. The van der Waals surface area contributed by atoms with Gasteiger partial charge in [-0.3, -0.25) is 9.48 Å². The molecule has 0 amide bonds. The fraction of sp³-hybridized carbons (Fsp3) is 0.286. The van der Waals surface area contributed by atoms with E-state index in [0.29, 0.717) is 22.3 Å². The summed E-state index contributed by atoms with van der Waals surface area (Å²) in [7, 11) is 3.92. The molecule has 0 aliphatic rings. The van der Waals surface area contributed by atoms with Crippen LogP contribution >= 0.6 is 15.9 Å². The molecule has 0 fully saturated rings. The second kappa shape index (κ2) is 6.28. The summed E-state index contributed by atoms with van der Waals surface area (Å²) in [6.45, 7) is 1.39. The largest absolute Gasteiger partial charge is 0.308 e. The van der Waals surface area contributed by atoms with E-state index >= 15 is 0 Å². The summed E-state index contributed by atoms with van der Waals surface area (Å²) >= 11 is 3.34. The highest BCUT2D eigenvalue weighted by atomic mass is 79.9. The minimum Gasteiger partial charge on any atom is -0.308 e. The Morgan fingerprint density at radius 3 is 2.60 bits per heavy atom. The van der Waals surface area contributed by atoms with Gasteiger partial charge in [0.2, 0.25) is 5.78 Å². The van der Waals surface area contributed by atoms with Crippen LogP contribution < -0.4 is 0 Å². The molecule has 0 radical (unpaired) electrons. The summed E-state index contributed by atoms with van der Waals surface area (Å²) in [4.78, 5) is 14.5. The standard InChI is InChI=1S/C14H15BrFN3O/c1-18(2)7-8-19-13(12(15)9-17-19)14(20)10-3-5-11(16)6-4-10/h3-6,9H,7-8H2,1-2H3. The van der Waals surface area contributed by atoms with Gasteiger partial charge in [-0.15, -0.1) is 0 Å². The van der Waals surface area contributed by atoms with E-state index in [9.17, 15) is 9.18 Å². The number of aromatic nitrogens is 2. The van der Waals surface area contributed by atoms with Crippen molar-refractivity contribution < 1.29 is 9.18 Å². The molecule has 0 saturated carbocycles. The van der Waals surface area contributed by atoms with Crippen LogP contribution in [0.3, 0.4) is 0 Å². The minimum atomic E-state index is -0.360. The molecule has 0 unspecified atom stereocenters.